The van der Waals surface area contributed by atoms with Crippen LogP contribution in [0.4, 0.5) is 0 Å². The average molecular weight is 197 g/mol. The fourth-order valence-electron chi connectivity index (χ4n) is 1.17. The lowest BCUT2D eigenvalue weighted by Crippen LogP contribution is -2.29. The van der Waals surface area contributed by atoms with Crippen molar-refractivity contribution in [3.63, 3.8) is 0 Å². The maximum atomic E-state index is 11.6. The highest BCUT2D eigenvalue weighted by Crippen LogP contribution is 2.10. The smallest absolute Gasteiger partial charge is 0.180 e. The van der Waals surface area contributed by atoms with E-state index in [9.17, 15) is 4.79 Å². The predicted octanol–water partition coefficient (Wildman–Crippen LogP) is 2.45. The van der Waals surface area contributed by atoms with E-state index >= 15 is 0 Å². The summed E-state index contributed by atoms with van der Waals surface area (Å²) in [4.78, 5) is 11.6. The Bertz CT molecular complexity index is 256. The quantitative estimate of drug-likeness (QED) is 0.737. The number of carbonyl (C=O) groups excluding carboxylic acids is 1. The highest BCUT2D eigenvalue weighted by molar-refractivity contribution is 7.08. The number of nitrogens with two attached hydrogens (primary N) is 1. The molecule has 1 heterocycles. The molecule has 2 N–H and O–H groups in total. The second-order valence-electron chi connectivity index (χ2n) is 3.12. The summed E-state index contributed by atoms with van der Waals surface area (Å²) < 4.78 is 0. The predicted molar refractivity (Wildman–Crippen MR) is 56.1 cm³/mol. The van der Waals surface area contributed by atoms with Gasteiger partial charge in [-0.05, 0) is 17.9 Å². The standard InChI is InChI=1S/C10H15NOS/c1-2-3-4-9(11)10(12)8-5-6-13-7-8/h5-7,9H,2-4,11H2,1H3. The van der Waals surface area contributed by atoms with Gasteiger partial charge in [0.1, 0.15) is 0 Å². The third kappa shape index (κ3) is 2.94. The minimum absolute atomic E-state index is 0.0784. The summed E-state index contributed by atoms with van der Waals surface area (Å²) in [5.74, 6) is 0.0784. The molecule has 1 atom stereocenters. The molecular weight excluding hydrogens is 182 g/mol. The van der Waals surface area contributed by atoms with E-state index in [4.69, 9.17) is 5.73 Å². The molecular formula is C10H15NOS. The van der Waals surface area contributed by atoms with Crippen LogP contribution in [0.1, 0.15) is 36.5 Å². The average Bonchev–Trinajstić information content (AvgIpc) is 2.65. The molecule has 1 aromatic heterocycles. The third-order valence-corrected chi connectivity index (χ3v) is 2.69. The van der Waals surface area contributed by atoms with Crippen molar-refractivity contribution in [3.8, 4) is 0 Å². The zero-order chi connectivity index (χ0) is 9.68. The maximum Gasteiger partial charge on any atom is 0.180 e. The molecule has 0 amide bonds. The van der Waals surface area contributed by atoms with E-state index in [-0.39, 0.29) is 11.8 Å². The van der Waals surface area contributed by atoms with Crippen LogP contribution in [0, 0.1) is 0 Å². The normalized spacial score (nSPS) is 12.8. The van der Waals surface area contributed by atoms with Crippen molar-refractivity contribution in [1.29, 1.82) is 0 Å². The maximum absolute atomic E-state index is 11.6. The number of unbranched alkanes of at least 4 members (excludes halogenated alkanes) is 1. The minimum Gasteiger partial charge on any atom is -0.321 e. The van der Waals surface area contributed by atoms with Crippen LogP contribution in [0.15, 0.2) is 16.8 Å². The lowest BCUT2D eigenvalue weighted by Gasteiger charge is -2.07. The first kappa shape index (κ1) is 10.4. The van der Waals surface area contributed by atoms with E-state index in [0.717, 1.165) is 24.8 Å². The first-order valence-corrected chi connectivity index (χ1v) is 5.52. The molecule has 0 spiro atoms. The van der Waals surface area contributed by atoms with Crippen LogP contribution < -0.4 is 5.73 Å². The SMILES string of the molecule is CCCCC(N)C(=O)c1ccsc1. The van der Waals surface area contributed by atoms with Gasteiger partial charge in [0.15, 0.2) is 5.78 Å². The summed E-state index contributed by atoms with van der Waals surface area (Å²) in [6.45, 7) is 2.10. The Morgan fingerprint density at radius 1 is 1.69 bits per heavy atom. The Kier molecular flexibility index (Phi) is 4.12. The Morgan fingerprint density at radius 2 is 2.46 bits per heavy atom. The molecule has 0 saturated carbocycles. The molecule has 72 valence electrons. The van der Waals surface area contributed by atoms with Gasteiger partial charge in [0, 0.05) is 10.9 Å². The number of rotatable bonds is 5. The van der Waals surface area contributed by atoms with Crippen LogP contribution in [0.2, 0.25) is 0 Å². The van der Waals surface area contributed by atoms with E-state index < -0.39 is 0 Å². The molecule has 3 heteroatoms. The number of thiophene rings is 1. The lowest BCUT2D eigenvalue weighted by atomic mass is 10.0. The summed E-state index contributed by atoms with van der Waals surface area (Å²) >= 11 is 1.53. The van der Waals surface area contributed by atoms with Crippen LogP contribution in [0.5, 0.6) is 0 Å². The molecule has 0 aliphatic rings. The van der Waals surface area contributed by atoms with Crippen LogP contribution in [0.25, 0.3) is 0 Å². The van der Waals surface area contributed by atoms with Crippen molar-refractivity contribution < 1.29 is 4.79 Å². The second-order valence-corrected chi connectivity index (χ2v) is 3.91. The molecule has 1 rings (SSSR count). The van der Waals surface area contributed by atoms with Gasteiger partial charge in [-0.2, -0.15) is 11.3 Å². The molecule has 1 unspecified atom stereocenters. The zero-order valence-electron chi connectivity index (χ0n) is 7.82. The highest BCUT2D eigenvalue weighted by atomic mass is 32.1. The van der Waals surface area contributed by atoms with Crippen LogP contribution in [0.3, 0.4) is 0 Å². The molecule has 0 saturated heterocycles. The van der Waals surface area contributed by atoms with Crippen molar-refractivity contribution in [2.45, 2.75) is 32.2 Å². The van der Waals surface area contributed by atoms with Gasteiger partial charge in [0.25, 0.3) is 0 Å². The number of Topliss-reactive ketones (excluding diaryl/α,β-unsaturated/α-hetero) is 1. The van der Waals surface area contributed by atoms with Gasteiger partial charge >= 0.3 is 0 Å². The number of hydrogen-bond acceptors (Lipinski definition) is 3. The lowest BCUT2D eigenvalue weighted by molar-refractivity contribution is 0.0956. The Hall–Kier alpha value is -0.670. The Labute approximate surface area is 82.8 Å². The number of ketones is 1. The number of carbonyl (C=O) groups is 1. The van der Waals surface area contributed by atoms with Gasteiger partial charge in [0.05, 0.1) is 6.04 Å². The molecule has 0 fully saturated rings. The van der Waals surface area contributed by atoms with Crippen molar-refractivity contribution in [3.05, 3.63) is 22.4 Å². The molecule has 1 aromatic rings. The molecule has 0 aromatic carbocycles. The summed E-state index contributed by atoms with van der Waals surface area (Å²) in [5, 5.41) is 3.76. The first-order valence-electron chi connectivity index (χ1n) is 4.57. The van der Waals surface area contributed by atoms with Gasteiger partial charge in [-0.25, -0.2) is 0 Å². The van der Waals surface area contributed by atoms with Crippen molar-refractivity contribution in [2.24, 2.45) is 5.73 Å². The molecule has 2 nitrogen and oxygen atoms in total. The van der Waals surface area contributed by atoms with Crippen LogP contribution in [-0.4, -0.2) is 11.8 Å². The highest BCUT2D eigenvalue weighted by Gasteiger charge is 2.14. The third-order valence-electron chi connectivity index (χ3n) is 2.01. The monoisotopic (exact) mass is 197 g/mol. The topological polar surface area (TPSA) is 43.1 Å². The summed E-state index contributed by atoms with van der Waals surface area (Å²) in [7, 11) is 0. The fourth-order valence-corrected chi connectivity index (χ4v) is 1.82. The summed E-state index contributed by atoms with van der Waals surface area (Å²) in [6, 6.07) is 1.52. The van der Waals surface area contributed by atoms with Gasteiger partial charge in [-0.1, -0.05) is 19.8 Å². The van der Waals surface area contributed by atoms with Crippen molar-refractivity contribution in [2.75, 3.05) is 0 Å². The zero-order valence-corrected chi connectivity index (χ0v) is 8.64. The van der Waals surface area contributed by atoms with Crippen LogP contribution >= 0.6 is 11.3 Å². The van der Waals surface area contributed by atoms with Gasteiger partial charge in [0.2, 0.25) is 0 Å². The molecule has 0 radical (unpaired) electrons. The van der Waals surface area contributed by atoms with E-state index in [0.29, 0.717) is 0 Å². The minimum atomic E-state index is -0.311. The number of hydrogen-bond donors (Lipinski definition) is 1. The van der Waals surface area contributed by atoms with Crippen LogP contribution in [-0.2, 0) is 0 Å². The second kappa shape index (κ2) is 5.14. The van der Waals surface area contributed by atoms with Crippen molar-refractivity contribution in [1.82, 2.24) is 0 Å². The van der Waals surface area contributed by atoms with E-state index in [1.54, 1.807) is 0 Å². The van der Waals surface area contributed by atoms with E-state index in [1.165, 1.54) is 11.3 Å². The summed E-state index contributed by atoms with van der Waals surface area (Å²) in [6.07, 6.45) is 2.91. The first-order chi connectivity index (χ1) is 6.25. The van der Waals surface area contributed by atoms with E-state index in [2.05, 4.69) is 6.92 Å². The Morgan fingerprint density at radius 3 is 3.00 bits per heavy atom. The van der Waals surface area contributed by atoms with Gasteiger partial charge < -0.3 is 5.73 Å². The van der Waals surface area contributed by atoms with Gasteiger partial charge in [-0.3, -0.25) is 4.79 Å². The van der Waals surface area contributed by atoms with Gasteiger partial charge in [-0.15, -0.1) is 0 Å². The molecule has 0 bridgehead atoms. The van der Waals surface area contributed by atoms with Crippen molar-refractivity contribution >= 4 is 17.1 Å². The molecule has 13 heavy (non-hydrogen) atoms. The molecule has 0 aliphatic heterocycles. The van der Waals surface area contributed by atoms with E-state index in [1.807, 2.05) is 16.8 Å². The largest absolute Gasteiger partial charge is 0.321 e. The molecule has 0 aliphatic carbocycles. The fraction of sp³-hybridized carbons (Fsp3) is 0.500. The summed E-state index contributed by atoms with van der Waals surface area (Å²) in [5.41, 5.74) is 6.51. The Balaban J connectivity index is 2.48.